The van der Waals surface area contributed by atoms with E-state index < -0.39 is 0 Å². The van der Waals surface area contributed by atoms with E-state index in [1.807, 2.05) is 0 Å². The highest BCUT2D eigenvalue weighted by molar-refractivity contribution is 4.89. The summed E-state index contributed by atoms with van der Waals surface area (Å²) in [5.74, 6) is 0. The van der Waals surface area contributed by atoms with Crippen molar-refractivity contribution in [2.75, 3.05) is 46.1 Å². The Bertz CT molecular complexity index is 227. The first-order chi connectivity index (χ1) is 8.85. The van der Waals surface area contributed by atoms with E-state index in [-0.39, 0.29) is 12.2 Å². The van der Waals surface area contributed by atoms with Gasteiger partial charge in [0, 0.05) is 19.6 Å². The molecule has 2 aliphatic rings. The van der Waals surface area contributed by atoms with Crippen LogP contribution in [-0.2, 0) is 9.47 Å². The van der Waals surface area contributed by atoms with Crippen molar-refractivity contribution in [2.24, 2.45) is 0 Å². The Morgan fingerprint density at radius 1 is 1.11 bits per heavy atom. The van der Waals surface area contributed by atoms with E-state index in [1.54, 1.807) is 0 Å². The van der Waals surface area contributed by atoms with Crippen molar-refractivity contribution in [1.29, 1.82) is 0 Å². The van der Waals surface area contributed by atoms with Crippen LogP contribution < -0.4 is 0 Å². The molecule has 106 valence electrons. The van der Waals surface area contributed by atoms with Gasteiger partial charge in [-0.2, -0.15) is 0 Å². The number of morpholine rings is 1. The minimum atomic E-state index is 0.118. The van der Waals surface area contributed by atoms with E-state index in [9.17, 15) is 0 Å². The highest BCUT2D eigenvalue weighted by atomic mass is 16.5. The summed E-state index contributed by atoms with van der Waals surface area (Å²) in [7, 11) is 0. The highest BCUT2D eigenvalue weighted by Crippen LogP contribution is 2.33. The van der Waals surface area contributed by atoms with Crippen molar-refractivity contribution in [3.63, 3.8) is 0 Å². The molecule has 1 spiro atoms. The molecule has 1 heterocycles. The lowest BCUT2D eigenvalue weighted by molar-refractivity contribution is -0.120. The molecule has 0 aromatic rings. The third kappa shape index (κ3) is 4.19. The van der Waals surface area contributed by atoms with Gasteiger partial charge in [0.1, 0.15) is 0 Å². The topological polar surface area (TPSA) is 41.9 Å². The lowest BCUT2D eigenvalue weighted by Gasteiger charge is -2.42. The SMILES string of the molecule is OCCOCCN1CCOC2(CCCCCC2)C1. The van der Waals surface area contributed by atoms with E-state index in [1.165, 1.54) is 38.5 Å². The molecule has 1 aliphatic heterocycles. The van der Waals surface area contributed by atoms with Crippen LogP contribution in [0.1, 0.15) is 38.5 Å². The Kier molecular flexibility index (Phi) is 5.89. The summed E-state index contributed by atoms with van der Waals surface area (Å²) in [5, 5.41) is 8.67. The van der Waals surface area contributed by atoms with Gasteiger partial charge in [0.15, 0.2) is 0 Å². The molecule has 18 heavy (non-hydrogen) atoms. The van der Waals surface area contributed by atoms with Crippen molar-refractivity contribution >= 4 is 0 Å². The molecule has 0 bridgehead atoms. The molecule has 4 heteroatoms. The summed E-state index contributed by atoms with van der Waals surface area (Å²) < 4.78 is 11.5. The van der Waals surface area contributed by atoms with Crippen molar-refractivity contribution in [2.45, 2.75) is 44.1 Å². The number of hydrogen-bond acceptors (Lipinski definition) is 4. The van der Waals surface area contributed by atoms with Gasteiger partial charge in [-0.05, 0) is 12.8 Å². The number of rotatable bonds is 5. The van der Waals surface area contributed by atoms with Crippen LogP contribution in [0.4, 0.5) is 0 Å². The minimum absolute atomic E-state index is 0.118. The average Bonchev–Trinajstić information content (AvgIpc) is 2.61. The number of nitrogens with zero attached hydrogens (tertiary/aromatic N) is 1. The Labute approximate surface area is 110 Å². The van der Waals surface area contributed by atoms with Gasteiger partial charge >= 0.3 is 0 Å². The Morgan fingerprint density at radius 3 is 2.61 bits per heavy atom. The van der Waals surface area contributed by atoms with Crippen molar-refractivity contribution in [1.82, 2.24) is 4.90 Å². The first-order valence-corrected chi connectivity index (χ1v) is 7.40. The molecule has 1 N–H and O–H groups in total. The summed E-state index contributed by atoms with van der Waals surface area (Å²) in [5.41, 5.74) is 0.131. The molecule has 0 radical (unpaired) electrons. The molecule has 0 unspecified atom stereocenters. The van der Waals surface area contributed by atoms with Crippen LogP contribution in [0, 0.1) is 0 Å². The predicted octanol–water partition coefficient (Wildman–Crippen LogP) is 1.42. The largest absolute Gasteiger partial charge is 0.394 e. The van der Waals surface area contributed by atoms with Crippen LogP contribution in [0.15, 0.2) is 0 Å². The summed E-state index contributed by atoms with van der Waals surface area (Å²) >= 11 is 0. The molecule has 1 saturated heterocycles. The van der Waals surface area contributed by atoms with Gasteiger partial charge in [-0.25, -0.2) is 0 Å². The molecule has 1 aliphatic carbocycles. The second-order valence-electron chi connectivity index (χ2n) is 5.56. The maximum Gasteiger partial charge on any atom is 0.0809 e. The Hall–Kier alpha value is -0.160. The van der Waals surface area contributed by atoms with Crippen LogP contribution in [0.3, 0.4) is 0 Å². The number of hydrogen-bond donors (Lipinski definition) is 1. The molecule has 2 rings (SSSR count). The standard InChI is InChI=1S/C14H27NO3/c16-9-12-17-10-7-15-8-11-18-14(13-15)5-3-1-2-4-6-14/h16H,1-13H2. The first-order valence-electron chi connectivity index (χ1n) is 7.40. The molecule has 0 aromatic heterocycles. The van der Waals surface area contributed by atoms with Gasteiger partial charge in [-0.15, -0.1) is 0 Å². The molecule has 0 aromatic carbocycles. The highest BCUT2D eigenvalue weighted by Gasteiger charge is 2.36. The van der Waals surface area contributed by atoms with E-state index >= 15 is 0 Å². The summed E-state index contributed by atoms with van der Waals surface area (Å²) in [6.07, 6.45) is 7.81. The molecule has 0 atom stereocenters. The van der Waals surface area contributed by atoms with Crippen molar-refractivity contribution < 1.29 is 14.6 Å². The quantitative estimate of drug-likeness (QED) is 0.756. The number of aliphatic hydroxyl groups excluding tert-OH is 1. The number of ether oxygens (including phenoxy) is 2. The zero-order valence-electron chi connectivity index (χ0n) is 11.4. The molecule has 2 fully saturated rings. The molecular weight excluding hydrogens is 230 g/mol. The van der Waals surface area contributed by atoms with Crippen LogP contribution in [0.2, 0.25) is 0 Å². The second-order valence-corrected chi connectivity index (χ2v) is 5.56. The van der Waals surface area contributed by atoms with Gasteiger partial charge in [-0.1, -0.05) is 25.7 Å². The summed E-state index contributed by atoms with van der Waals surface area (Å²) in [6, 6.07) is 0. The van der Waals surface area contributed by atoms with E-state index in [0.717, 1.165) is 32.8 Å². The predicted molar refractivity (Wildman–Crippen MR) is 70.7 cm³/mol. The third-order valence-corrected chi connectivity index (χ3v) is 4.13. The van der Waals surface area contributed by atoms with Crippen LogP contribution >= 0.6 is 0 Å². The van der Waals surface area contributed by atoms with Crippen LogP contribution in [0.5, 0.6) is 0 Å². The van der Waals surface area contributed by atoms with Gasteiger partial charge in [0.2, 0.25) is 0 Å². The van der Waals surface area contributed by atoms with Crippen molar-refractivity contribution in [3.05, 3.63) is 0 Å². The fourth-order valence-corrected chi connectivity index (χ4v) is 3.15. The second kappa shape index (κ2) is 7.43. The fraction of sp³-hybridized carbons (Fsp3) is 1.00. The zero-order valence-corrected chi connectivity index (χ0v) is 11.4. The molecule has 4 nitrogen and oxygen atoms in total. The van der Waals surface area contributed by atoms with Crippen LogP contribution in [0.25, 0.3) is 0 Å². The van der Waals surface area contributed by atoms with Gasteiger partial charge in [0.25, 0.3) is 0 Å². The smallest absolute Gasteiger partial charge is 0.0809 e. The Balaban J connectivity index is 1.76. The maximum absolute atomic E-state index is 8.67. The monoisotopic (exact) mass is 257 g/mol. The van der Waals surface area contributed by atoms with Gasteiger partial charge in [-0.3, -0.25) is 4.90 Å². The van der Waals surface area contributed by atoms with E-state index in [4.69, 9.17) is 14.6 Å². The molecule has 1 saturated carbocycles. The van der Waals surface area contributed by atoms with Crippen molar-refractivity contribution in [3.8, 4) is 0 Å². The fourth-order valence-electron chi connectivity index (χ4n) is 3.15. The van der Waals surface area contributed by atoms with E-state index in [0.29, 0.717) is 6.61 Å². The normalized spacial score (nSPS) is 25.2. The van der Waals surface area contributed by atoms with Gasteiger partial charge in [0.05, 0.1) is 32.0 Å². The van der Waals surface area contributed by atoms with E-state index in [2.05, 4.69) is 4.90 Å². The maximum atomic E-state index is 8.67. The van der Waals surface area contributed by atoms with Gasteiger partial charge < -0.3 is 14.6 Å². The number of aliphatic hydroxyl groups is 1. The molecule has 0 amide bonds. The first kappa shape index (κ1) is 14.3. The third-order valence-electron chi connectivity index (χ3n) is 4.13. The summed E-state index contributed by atoms with van der Waals surface area (Å²) in [6.45, 7) is 5.20. The summed E-state index contributed by atoms with van der Waals surface area (Å²) in [4.78, 5) is 2.46. The van der Waals surface area contributed by atoms with Crippen LogP contribution in [-0.4, -0.2) is 61.7 Å². The lowest BCUT2D eigenvalue weighted by atomic mass is 9.92. The average molecular weight is 257 g/mol. The zero-order chi connectivity index (χ0) is 12.7. The lowest BCUT2D eigenvalue weighted by Crippen LogP contribution is -2.52. The molecular formula is C14H27NO3. The minimum Gasteiger partial charge on any atom is -0.394 e. The Morgan fingerprint density at radius 2 is 1.89 bits per heavy atom.